The third kappa shape index (κ3) is 2.07. The lowest BCUT2D eigenvalue weighted by Gasteiger charge is -2.18. The number of halogens is 1. The van der Waals surface area contributed by atoms with E-state index in [1.54, 1.807) is 19.2 Å². The topological polar surface area (TPSA) is 26.3 Å². The first kappa shape index (κ1) is 11.1. The number of aldehydes is 1. The third-order valence-electron chi connectivity index (χ3n) is 2.19. The second-order valence-electron chi connectivity index (χ2n) is 3.69. The summed E-state index contributed by atoms with van der Waals surface area (Å²) in [6.07, 6.45) is 0.908. The second kappa shape index (κ2) is 4.01. The SMILES string of the molecule is COc1ccc(C(C)(C)C=O)cc1Cl. The Labute approximate surface area is 88.8 Å². The molecule has 0 saturated heterocycles. The van der Waals surface area contributed by atoms with Gasteiger partial charge in [-0.2, -0.15) is 0 Å². The van der Waals surface area contributed by atoms with E-state index in [1.165, 1.54) is 0 Å². The molecule has 1 rings (SSSR count). The van der Waals surface area contributed by atoms with Crippen LogP contribution in [0.5, 0.6) is 5.75 Å². The van der Waals surface area contributed by atoms with Gasteiger partial charge in [-0.05, 0) is 31.5 Å². The molecule has 0 heterocycles. The van der Waals surface area contributed by atoms with Crippen molar-refractivity contribution < 1.29 is 9.53 Å². The summed E-state index contributed by atoms with van der Waals surface area (Å²) in [5.74, 6) is 0.622. The quantitative estimate of drug-likeness (QED) is 0.721. The zero-order valence-electron chi connectivity index (χ0n) is 8.50. The fraction of sp³-hybridized carbons (Fsp3) is 0.364. The Kier molecular flexibility index (Phi) is 3.17. The first-order chi connectivity index (χ1) is 6.51. The van der Waals surface area contributed by atoms with Gasteiger partial charge in [-0.3, -0.25) is 0 Å². The minimum absolute atomic E-state index is 0.504. The molecule has 76 valence electrons. The molecule has 0 radical (unpaired) electrons. The first-order valence-electron chi connectivity index (χ1n) is 4.31. The van der Waals surface area contributed by atoms with Gasteiger partial charge in [-0.15, -0.1) is 0 Å². The number of benzene rings is 1. The van der Waals surface area contributed by atoms with E-state index >= 15 is 0 Å². The van der Waals surface area contributed by atoms with E-state index in [-0.39, 0.29) is 0 Å². The third-order valence-corrected chi connectivity index (χ3v) is 2.49. The second-order valence-corrected chi connectivity index (χ2v) is 4.10. The molecule has 0 aliphatic carbocycles. The Morgan fingerprint density at radius 3 is 2.50 bits per heavy atom. The monoisotopic (exact) mass is 212 g/mol. The molecule has 1 aromatic rings. The Hall–Kier alpha value is -1.02. The van der Waals surface area contributed by atoms with Crippen LogP contribution in [0.15, 0.2) is 18.2 Å². The Morgan fingerprint density at radius 1 is 1.43 bits per heavy atom. The Bertz CT molecular complexity index is 345. The highest BCUT2D eigenvalue weighted by Crippen LogP contribution is 2.30. The van der Waals surface area contributed by atoms with Gasteiger partial charge >= 0.3 is 0 Å². The number of rotatable bonds is 3. The largest absolute Gasteiger partial charge is 0.495 e. The van der Waals surface area contributed by atoms with Crippen LogP contribution >= 0.6 is 11.6 Å². The molecule has 0 N–H and O–H groups in total. The smallest absolute Gasteiger partial charge is 0.137 e. The summed E-state index contributed by atoms with van der Waals surface area (Å²) in [5.41, 5.74) is 0.383. The molecule has 14 heavy (non-hydrogen) atoms. The van der Waals surface area contributed by atoms with E-state index in [4.69, 9.17) is 16.3 Å². The summed E-state index contributed by atoms with van der Waals surface area (Å²) in [5, 5.41) is 0.528. The highest BCUT2D eigenvalue weighted by molar-refractivity contribution is 6.32. The van der Waals surface area contributed by atoms with Crippen LogP contribution in [-0.4, -0.2) is 13.4 Å². The van der Waals surface area contributed by atoms with Crippen molar-refractivity contribution in [3.05, 3.63) is 28.8 Å². The summed E-state index contributed by atoms with van der Waals surface area (Å²) in [6.45, 7) is 3.69. The van der Waals surface area contributed by atoms with Gasteiger partial charge in [0.25, 0.3) is 0 Å². The number of carbonyl (C=O) groups excluding carboxylic acids is 1. The van der Waals surface area contributed by atoms with Gasteiger partial charge < -0.3 is 9.53 Å². The average molecular weight is 213 g/mol. The van der Waals surface area contributed by atoms with Crippen LogP contribution in [0.1, 0.15) is 19.4 Å². The lowest BCUT2D eigenvalue weighted by molar-refractivity contribution is -0.111. The van der Waals surface area contributed by atoms with Gasteiger partial charge in [-0.1, -0.05) is 17.7 Å². The van der Waals surface area contributed by atoms with Gasteiger partial charge in [0, 0.05) is 5.41 Å². The van der Waals surface area contributed by atoms with Gasteiger partial charge in [0.05, 0.1) is 12.1 Å². The van der Waals surface area contributed by atoms with Crippen LogP contribution in [0.25, 0.3) is 0 Å². The molecule has 0 fully saturated rings. The first-order valence-corrected chi connectivity index (χ1v) is 4.69. The molecular weight excluding hydrogens is 200 g/mol. The predicted octanol–water partition coefficient (Wildman–Crippen LogP) is 2.83. The number of hydrogen-bond donors (Lipinski definition) is 0. The van der Waals surface area contributed by atoms with Gasteiger partial charge in [0.1, 0.15) is 12.0 Å². The zero-order chi connectivity index (χ0) is 10.8. The summed E-state index contributed by atoms with van der Waals surface area (Å²) in [4.78, 5) is 10.8. The molecule has 0 atom stereocenters. The maximum absolute atomic E-state index is 10.8. The number of carbonyl (C=O) groups is 1. The molecule has 0 aromatic heterocycles. The van der Waals surface area contributed by atoms with Crippen molar-refractivity contribution in [1.82, 2.24) is 0 Å². The normalized spacial score (nSPS) is 11.1. The highest BCUT2D eigenvalue weighted by atomic mass is 35.5. The molecule has 2 nitrogen and oxygen atoms in total. The molecule has 3 heteroatoms. The summed E-state index contributed by atoms with van der Waals surface area (Å²) < 4.78 is 5.03. The van der Waals surface area contributed by atoms with Crippen molar-refractivity contribution >= 4 is 17.9 Å². The van der Waals surface area contributed by atoms with Crippen molar-refractivity contribution in [3.63, 3.8) is 0 Å². The standard InChI is InChI=1S/C11H13ClO2/c1-11(2,7-13)8-4-5-10(14-3)9(12)6-8/h4-7H,1-3H3. The molecule has 0 aliphatic rings. The van der Waals surface area contributed by atoms with E-state index < -0.39 is 5.41 Å². The van der Waals surface area contributed by atoms with Crippen molar-refractivity contribution in [2.75, 3.05) is 7.11 Å². The van der Waals surface area contributed by atoms with E-state index in [0.717, 1.165) is 11.8 Å². The van der Waals surface area contributed by atoms with Crippen molar-refractivity contribution in [2.24, 2.45) is 0 Å². The lowest BCUT2D eigenvalue weighted by atomic mass is 9.86. The van der Waals surface area contributed by atoms with E-state index in [9.17, 15) is 4.79 Å². The van der Waals surface area contributed by atoms with E-state index in [0.29, 0.717) is 10.8 Å². The van der Waals surface area contributed by atoms with Crippen LogP contribution < -0.4 is 4.74 Å². The molecule has 0 amide bonds. The zero-order valence-corrected chi connectivity index (χ0v) is 9.26. The van der Waals surface area contributed by atoms with Crippen molar-refractivity contribution in [1.29, 1.82) is 0 Å². The maximum Gasteiger partial charge on any atom is 0.137 e. The van der Waals surface area contributed by atoms with Gasteiger partial charge in [0.2, 0.25) is 0 Å². The van der Waals surface area contributed by atoms with Crippen LogP contribution in [0.2, 0.25) is 5.02 Å². The van der Waals surface area contributed by atoms with Gasteiger partial charge in [-0.25, -0.2) is 0 Å². The van der Waals surface area contributed by atoms with E-state index in [2.05, 4.69) is 0 Å². The van der Waals surface area contributed by atoms with Crippen LogP contribution in [0, 0.1) is 0 Å². The highest BCUT2D eigenvalue weighted by Gasteiger charge is 2.20. The van der Waals surface area contributed by atoms with Gasteiger partial charge in [0.15, 0.2) is 0 Å². The lowest BCUT2D eigenvalue weighted by Crippen LogP contribution is -2.18. The van der Waals surface area contributed by atoms with Crippen molar-refractivity contribution in [3.8, 4) is 5.75 Å². The number of methoxy groups -OCH3 is 1. The number of hydrogen-bond acceptors (Lipinski definition) is 2. The molecule has 0 unspecified atom stereocenters. The van der Waals surface area contributed by atoms with Crippen LogP contribution in [-0.2, 0) is 10.2 Å². The summed E-state index contributed by atoms with van der Waals surface area (Å²) in [7, 11) is 1.56. The fourth-order valence-corrected chi connectivity index (χ4v) is 1.39. The molecule has 0 saturated carbocycles. The molecule has 0 bridgehead atoms. The maximum atomic E-state index is 10.8. The minimum atomic E-state index is -0.504. The fourth-order valence-electron chi connectivity index (χ4n) is 1.14. The van der Waals surface area contributed by atoms with Crippen LogP contribution in [0.3, 0.4) is 0 Å². The summed E-state index contributed by atoms with van der Waals surface area (Å²) >= 11 is 5.95. The van der Waals surface area contributed by atoms with Crippen LogP contribution in [0.4, 0.5) is 0 Å². The van der Waals surface area contributed by atoms with Crippen molar-refractivity contribution in [2.45, 2.75) is 19.3 Å². The van der Waals surface area contributed by atoms with E-state index in [1.807, 2.05) is 19.9 Å². The Morgan fingerprint density at radius 2 is 2.07 bits per heavy atom. The predicted molar refractivity (Wildman–Crippen MR) is 57.1 cm³/mol. The molecule has 1 aromatic carbocycles. The average Bonchev–Trinajstić information content (AvgIpc) is 2.17. The number of ether oxygens (including phenoxy) is 1. The molecule has 0 spiro atoms. The Balaban J connectivity index is 3.15. The molecular formula is C11H13ClO2. The molecule has 0 aliphatic heterocycles. The summed E-state index contributed by atoms with van der Waals surface area (Å²) in [6, 6.07) is 5.37. The minimum Gasteiger partial charge on any atom is -0.495 e.